The molecule has 3 heterocycles. The molecule has 3 saturated heterocycles. The Morgan fingerprint density at radius 3 is 2.86 bits per heavy atom. The highest BCUT2D eigenvalue weighted by atomic mass is 16.5. The number of aliphatic imine (C=N–C) groups is 1. The third kappa shape index (κ3) is 5.71. The lowest BCUT2D eigenvalue weighted by molar-refractivity contribution is -0.0453. The summed E-state index contributed by atoms with van der Waals surface area (Å²) in [5.74, 6) is 0.922. The second kappa shape index (κ2) is 10.4. The summed E-state index contributed by atoms with van der Waals surface area (Å²) in [6.45, 7) is 10.0. The van der Waals surface area contributed by atoms with Crippen LogP contribution in [-0.4, -0.2) is 79.8 Å². The average molecular weight is 400 g/mol. The molecule has 2 N–H and O–H groups in total. The molecule has 4 rings (SSSR count). The zero-order valence-electron chi connectivity index (χ0n) is 17.9. The van der Waals surface area contributed by atoms with Crippen molar-refractivity contribution in [1.29, 1.82) is 0 Å². The topological polar surface area (TPSA) is 52.1 Å². The van der Waals surface area contributed by atoms with Crippen molar-refractivity contribution in [3.05, 3.63) is 35.9 Å². The summed E-state index contributed by atoms with van der Waals surface area (Å²) < 4.78 is 6.09. The van der Waals surface area contributed by atoms with Gasteiger partial charge in [-0.15, -0.1) is 0 Å². The molecule has 0 spiro atoms. The third-order valence-corrected chi connectivity index (χ3v) is 6.49. The predicted molar refractivity (Wildman–Crippen MR) is 118 cm³/mol. The first-order valence-corrected chi connectivity index (χ1v) is 11.5. The van der Waals surface area contributed by atoms with Crippen LogP contribution in [0.4, 0.5) is 0 Å². The molecule has 3 aliphatic rings. The van der Waals surface area contributed by atoms with Crippen LogP contribution in [0.5, 0.6) is 0 Å². The number of hydrogen-bond donors (Lipinski definition) is 2. The van der Waals surface area contributed by atoms with Gasteiger partial charge in [-0.25, -0.2) is 0 Å². The van der Waals surface area contributed by atoms with Crippen LogP contribution in [0.15, 0.2) is 35.3 Å². The van der Waals surface area contributed by atoms with Gasteiger partial charge >= 0.3 is 0 Å². The van der Waals surface area contributed by atoms with Crippen molar-refractivity contribution in [2.24, 2.45) is 4.99 Å². The van der Waals surface area contributed by atoms with E-state index in [-0.39, 0.29) is 6.10 Å². The van der Waals surface area contributed by atoms with Crippen LogP contribution in [0, 0.1) is 0 Å². The number of guanidine groups is 1. The number of hydrogen-bond acceptors (Lipinski definition) is 4. The van der Waals surface area contributed by atoms with Gasteiger partial charge in [0, 0.05) is 38.3 Å². The molecule has 1 aromatic carbocycles. The minimum Gasteiger partial charge on any atom is -0.373 e. The van der Waals surface area contributed by atoms with Crippen LogP contribution in [0.1, 0.15) is 38.2 Å². The third-order valence-electron chi connectivity index (χ3n) is 6.49. The van der Waals surface area contributed by atoms with Crippen molar-refractivity contribution in [2.75, 3.05) is 45.9 Å². The number of likely N-dealkylation sites (tertiary alicyclic amines) is 1. The van der Waals surface area contributed by atoms with E-state index in [0.29, 0.717) is 12.1 Å². The van der Waals surface area contributed by atoms with E-state index >= 15 is 0 Å². The SMILES string of the molecule is CCNC(=NCC1CCCN1Cc1ccccc1)NCC1CN2CCCC2CO1. The monoisotopic (exact) mass is 399 g/mol. The van der Waals surface area contributed by atoms with Crippen LogP contribution < -0.4 is 10.6 Å². The summed E-state index contributed by atoms with van der Waals surface area (Å²) in [6, 6.07) is 12.0. The molecule has 29 heavy (non-hydrogen) atoms. The van der Waals surface area contributed by atoms with E-state index in [9.17, 15) is 0 Å². The number of morpholine rings is 1. The van der Waals surface area contributed by atoms with Gasteiger partial charge in [-0.2, -0.15) is 0 Å². The summed E-state index contributed by atoms with van der Waals surface area (Å²) in [4.78, 5) is 10.1. The Morgan fingerprint density at radius 1 is 1.14 bits per heavy atom. The van der Waals surface area contributed by atoms with Gasteiger partial charge in [0.25, 0.3) is 0 Å². The fraction of sp³-hybridized carbons (Fsp3) is 0.696. The summed E-state index contributed by atoms with van der Waals surface area (Å²) in [6.07, 6.45) is 5.38. The molecule has 0 bridgehead atoms. The standard InChI is InChI=1S/C23H37N5O/c1-2-24-23(26-15-22-17-28-13-7-11-21(28)18-29-22)25-14-20-10-6-12-27(20)16-19-8-4-3-5-9-19/h3-5,8-9,20-22H,2,6-7,10-18H2,1H3,(H2,24,25,26). The molecule has 0 amide bonds. The van der Waals surface area contributed by atoms with Crippen molar-refractivity contribution >= 4 is 5.96 Å². The first-order chi connectivity index (χ1) is 14.3. The Hall–Kier alpha value is -1.63. The average Bonchev–Trinajstić information content (AvgIpc) is 3.39. The second-order valence-electron chi connectivity index (χ2n) is 8.60. The molecule has 160 valence electrons. The van der Waals surface area contributed by atoms with Crippen LogP contribution in [0.3, 0.4) is 0 Å². The number of rotatable bonds is 7. The molecular weight excluding hydrogens is 362 g/mol. The molecule has 6 nitrogen and oxygen atoms in total. The van der Waals surface area contributed by atoms with E-state index < -0.39 is 0 Å². The number of nitrogens with zero attached hydrogens (tertiary/aromatic N) is 3. The maximum atomic E-state index is 6.09. The highest BCUT2D eigenvalue weighted by Crippen LogP contribution is 2.22. The number of nitrogens with one attached hydrogen (secondary N) is 2. The zero-order chi connectivity index (χ0) is 19.9. The van der Waals surface area contributed by atoms with Gasteiger partial charge in [0.2, 0.25) is 0 Å². The highest BCUT2D eigenvalue weighted by molar-refractivity contribution is 5.79. The Labute approximate surface area is 175 Å². The highest BCUT2D eigenvalue weighted by Gasteiger charge is 2.32. The number of benzene rings is 1. The van der Waals surface area contributed by atoms with Crippen LogP contribution in [-0.2, 0) is 11.3 Å². The summed E-state index contributed by atoms with van der Waals surface area (Å²) in [5.41, 5.74) is 1.39. The number of ether oxygens (including phenoxy) is 1. The minimum atomic E-state index is 0.259. The largest absolute Gasteiger partial charge is 0.373 e. The number of fused-ring (bicyclic) bond motifs is 1. The molecule has 3 unspecified atom stereocenters. The van der Waals surface area contributed by atoms with E-state index in [0.717, 1.165) is 45.3 Å². The van der Waals surface area contributed by atoms with E-state index in [2.05, 4.69) is 57.7 Å². The fourth-order valence-electron chi connectivity index (χ4n) is 4.89. The molecular formula is C23H37N5O. The van der Waals surface area contributed by atoms with Gasteiger partial charge in [-0.05, 0) is 51.3 Å². The lowest BCUT2D eigenvalue weighted by Crippen LogP contribution is -2.51. The van der Waals surface area contributed by atoms with Gasteiger partial charge in [0.05, 0.1) is 19.3 Å². The molecule has 0 aromatic heterocycles. The van der Waals surface area contributed by atoms with Crippen molar-refractivity contribution in [3.8, 4) is 0 Å². The Bertz CT molecular complexity index is 652. The predicted octanol–water partition coefficient (Wildman–Crippen LogP) is 2.07. The van der Waals surface area contributed by atoms with Crippen molar-refractivity contribution in [3.63, 3.8) is 0 Å². The van der Waals surface area contributed by atoms with Crippen molar-refractivity contribution < 1.29 is 4.74 Å². The van der Waals surface area contributed by atoms with Crippen LogP contribution in [0.25, 0.3) is 0 Å². The molecule has 1 aromatic rings. The quantitative estimate of drug-likeness (QED) is 0.543. The maximum absolute atomic E-state index is 6.09. The summed E-state index contributed by atoms with van der Waals surface area (Å²) in [7, 11) is 0. The fourth-order valence-corrected chi connectivity index (χ4v) is 4.89. The Balaban J connectivity index is 1.27. The first-order valence-electron chi connectivity index (χ1n) is 11.5. The minimum absolute atomic E-state index is 0.259. The van der Waals surface area contributed by atoms with Crippen LogP contribution >= 0.6 is 0 Å². The normalized spacial score (nSPS) is 28.4. The second-order valence-corrected chi connectivity index (χ2v) is 8.60. The van der Waals surface area contributed by atoms with Gasteiger partial charge in [-0.3, -0.25) is 14.8 Å². The lowest BCUT2D eigenvalue weighted by Gasteiger charge is -2.35. The van der Waals surface area contributed by atoms with Gasteiger partial charge in [-0.1, -0.05) is 30.3 Å². The molecule has 6 heteroatoms. The van der Waals surface area contributed by atoms with Crippen LogP contribution in [0.2, 0.25) is 0 Å². The van der Waals surface area contributed by atoms with Gasteiger partial charge in [0.15, 0.2) is 5.96 Å². The maximum Gasteiger partial charge on any atom is 0.191 e. The molecule has 3 atom stereocenters. The van der Waals surface area contributed by atoms with Gasteiger partial charge < -0.3 is 15.4 Å². The molecule has 0 radical (unpaired) electrons. The molecule has 3 aliphatic heterocycles. The van der Waals surface area contributed by atoms with E-state index in [1.165, 1.54) is 44.3 Å². The molecule has 0 aliphatic carbocycles. The summed E-state index contributed by atoms with van der Waals surface area (Å²) >= 11 is 0. The summed E-state index contributed by atoms with van der Waals surface area (Å²) in [5, 5.41) is 6.94. The lowest BCUT2D eigenvalue weighted by atomic mass is 10.2. The van der Waals surface area contributed by atoms with Crippen molar-refractivity contribution in [1.82, 2.24) is 20.4 Å². The van der Waals surface area contributed by atoms with Gasteiger partial charge in [0.1, 0.15) is 0 Å². The Kier molecular flexibility index (Phi) is 7.41. The zero-order valence-corrected chi connectivity index (χ0v) is 17.9. The molecule has 0 saturated carbocycles. The van der Waals surface area contributed by atoms with E-state index in [4.69, 9.17) is 9.73 Å². The van der Waals surface area contributed by atoms with Crippen molar-refractivity contribution in [2.45, 2.75) is 57.3 Å². The van der Waals surface area contributed by atoms with E-state index in [1.807, 2.05) is 0 Å². The first kappa shape index (κ1) is 20.6. The smallest absolute Gasteiger partial charge is 0.191 e. The molecule has 3 fully saturated rings. The van der Waals surface area contributed by atoms with E-state index in [1.54, 1.807) is 0 Å². The Morgan fingerprint density at radius 2 is 2.00 bits per heavy atom.